The van der Waals surface area contributed by atoms with Gasteiger partial charge in [0.25, 0.3) is 0 Å². The van der Waals surface area contributed by atoms with Crippen LogP contribution in [0.5, 0.6) is 0 Å². The molecule has 6 nitrogen and oxygen atoms in total. The van der Waals surface area contributed by atoms with Crippen LogP contribution in [0.4, 0.5) is 0 Å². The first-order valence-electron chi connectivity index (χ1n) is 9.66. The quantitative estimate of drug-likeness (QED) is 0.546. The van der Waals surface area contributed by atoms with Crippen molar-refractivity contribution < 1.29 is 16.8 Å². The van der Waals surface area contributed by atoms with E-state index in [0.29, 0.717) is 18.4 Å². The summed E-state index contributed by atoms with van der Waals surface area (Å²) in [6.45, 7) is 2.14. The molecule has 1 N–H and O–H groups in total. The Morgan fingerprint density at radius 3 is 2.30 bits per heavy atom. The number of nitrogens with one attached hydrogen (secondary N) is 1. The molecule has 0 fully saturated rings. The molecule has 1 heterocycles. The highest BCUT2D eigenvalue weighted by Gasteiger charge is 2.24. The van der Waals surface area contributed by atoms with Gasteiger partial charge in [-0.3, -0.25) is 4.98 Å². The maximum absolute atomic E-state index is 13.0. The summed E-state index contributed by atoms with van der Waals surface area (Å²) in [6.07, 6.45) is 5.10. The van der Waals surface area contributed by atoms with Crippen molar-refractivity contribution in [2.45, 2.75) is 40.9 Å². The zero-order valence-electron chi connectivity index (χ0n) is 16.7. The Balaban J connectivity index is 1.92. The van der Waals surface area contributed by atoms with Gasteiger partial charge in [-0.25, -0.2) is 21.6 Å². The van der Waals surface area contributed by atoms with Crippen molar-refractivity contribution in [3.63, 3.8) is 0 Å². The molecule has 0 atom stereocenters. The largest absolute Gasteiger partial charge is 0.264 e. The molecule has 8 heteroatoms. The van der Waals surface area contributed by atoms with E-state index < -0.39 is 19.9 Å². The standard InChI is InChI=1S/C22H24N2O4S2/c1-2-7-19-11-12-21(29(25,26)20-9-4-3-5-10-20)16-22(19)30(27,28)24-15-13-18-8-6-14-23-17-18/h3-6,8-12,14,16-17,24H,2,7,13,15H2,1H3. The van der Waals surface area contributed by atoms with E-state index in [0.717, 1.165) is 12.0 Å². The number of benzene rings is 2. The normalized spacial score (nSPS) is 12.0. The second kappa shape index (κ2) is 9.51. The maximum Gasteiger partial charge on any atom is 0.240 e. The van der Waals surface area contributed by atoms with E-state index >= 15 is 0 Å². The SMILES string of the molecule is CCCc1ccc(S(=O)(=O)c2ccccc2)cc1S(=O)(=O)NCCc1cccnc1. The van der Waals surface area contributed by atoms with E-state index in [1.165, 1.54) is 24.3 Å². The Morgan fingerprint density at radius 2 is 1.63 bits per heavy atom. The number of hydrogen-bond donors (Lipinski definition) is 1. The van der Waals surface area contributed by atoms with Gasteiger partial charge in [0.1, 0.15) is 0 Å². The molecule has 0 aliphatic heterocycles. The van der Waals surface area contributed by atoms with Crippen LogP contribution < -0.4 is 4.72 Å². The Labute approximate surface area is 178 Å². The molecule has 2 aromatic carbocycles. The number of aryl methyl sites for hydroxylation is 1. The molecular formula is C22H24N2O4S2. The van der Waals surface area contributed by atoms with Gasteiger partial charge in [0.05, 0.1) is 14.7 Å². The van der Waals surface area contributed by atoms with Crippen LogP contribution in [-0.2, 0) is 32.7 Å². The molecule has 0 amide bonds. The Kier molecular flexibility index (Phi) is 7.02. The fourth-order valence-corrected chi connectivity index (χ4v) is 5.82. The number of nitrogens with zero attached hydrogens (tertiary/aromatic N) is 1. The molecule has 0 aliphatic carbocycles. The first-order valence-corrected chi connectivity index (χ1v) is 12.6. The lowest BCUT2D eigenvalue weighted by Crippen LogP contribution is -2.27. The molecular weight excluding hydrogens is 420 g/mol. The number of rotatable bonds is 9. The monoisotopic (exact) mass is 444 g/mol. The van der Waals surface area contributed by atoms with Gasteiger partial charge in [0, 0.05) is 18.9 Å². The van der Waals surface area contributed by atoms with E-state index in [9.17, 15) is 16.8 Å². The van der Waals surface area contributed by atoms with E-state index in [-0.39, 0.29) is 21.2 Å². The molecule has 0 saturated heterocycles. The van der Waals surface area contributed by atoms with E-state index in [4.69, 9.17) is 0 Å². The molecule has 1 aromatic heterocycles. The van der Waals surface area contributed by atoms with Crippen molar-refractivity contribution in [1.82, 2.24) is 9.71 Å². The van der Waals surface area contributed by atoms with Gasteiger partial charge in [-0.1, -0.05) is 43.7 Å². The summed E-state index contributed by atoms with van der Waals surface area (Å²) in [7, 11) is -7.70. The fourth-order valence-electron chi connectivity index (χ4n) is 3.12. The highest BCUT2D eigenvalue weighted by Crippen LogP contribution is 2.26. The summed E-state index contributed by atoms with van der Waals surface area (Å²) in [4.78, 5) is 4.11. The summed E-state index contributed by atoms with van der Waals surface area (Å²) in [6, 6.07) is 16.0. The molecule has 0 bridgehead atoms. The van der Waals surface area contributed by atoms with Gasteiger partial charge < -0.3 is 0 Å². The Hall–Kier alpha value is -2.55. The zero-order valence-corrected chi connectivity index (χ0v) is 18.3. The van der Waals surface area contributed by atoms with Gasteiger partial charge in [0.2, 0.25) is 19.9 Å². The topological polar surface area (TPSA) is 93.2 Å². The van der Waals surface area contributed by atoms with Crippen LogP contribution in [0.3, 0.4) is 0 Å². The maximum atomic E-state index is 13.0. The highest BCUT2D eigenvalue weighted by molar-refractivity contribution is 7.91. The summed E-state index contributed by atoms with van der Waals surface area (Å²) < 4.78 is 54.5. The minimum absolute atomic E-state index is 0.00698. The molecule has 3 rings (SSSR count). The van der Waals surface area contributed by atoms with Crippen molar-refractivity contribution in [2.24, 2.45) is 0 Å². The zero-order chi connectivity index (χ0) is 21.6. The summed E-state index contributed by atoms with van der Waals surface area (Å²) in [5.74, 6) is 0. The third-order valence-electron chi connectivity index (χ3n) is 4.64. The van der Waals surface area contributed by atoms with E-state index in [2.05, 4.69) is 9.71 Å². The van der Waals surface area contributed by atoms with Crippen molar-refractivity contribution in [3.8, 4) is 0 Å². The lowest BCUT2D eigenvalue weighted by molar-refractivity contribution is 0.579. The number of aromatic nitrogens is 1. The minimum Gasteiger partial charge on any atom is -0.264 e. The predicted octanol–water partition coefficient (Wildman–Crippen LogP) is 3.39. The molecule has 3 aromatic rings. The van der Waals surface area contributed by atoms with E-state index in [1.54, 1.807) is 42.7 Å². The Bertz CT molecular complexity index is 1190. The second-order valence-corrected chi connectivity index (χ2v) is 10.5. The number of sulfonamides is 1. The minimum atomic E-state index is -3.88. The van der Waals surface area contributed by atoms with Crippen molar-refractivity contribution in [1.29, 1.82) is 0 Å². The average Bonchev–Trinajstić information content (AvgIpc) is 2.75. The molecule has 0 radical (unpaired) electrons. The smallest absolute Gasteiger partial charge is 0.240 e. The molecule has 0 unspecified atom stereocenters. The summed E-state index contributed by atoms with van der Waals surface area (Å²) >= 11 is 0. The van der Waals surface area contributed by atoms with Gasteiger partial charge in [-0.2, -0.15) is 0 Å². The number of hydrogen-bond acceptors (Lipinski definition) is 5. The lowest BCUT2D eigenvalue weighted by atomic mass is 10.1. The molecule has 30 heavy (non-hydrogen) atoms. The molecule has 0 saturated carbocycles. The summed E-state index contributed by atoms with van der Waals surface area (Å²) in [5, 5.41) is 0. The first kappa shape index (κ1) is 22.1. The van der Waals surface area contributed by atoms with Crippen LogP contribution in [-0.4, -0.2) is 28.4 Å². The van der Waals surface area contributed by atoms with Crippen LogP contribution in [0.1, 0.15) is 24.5 Å². The third kappa shape index (κ3) is 5.13. The van der Waals surface area contributed by atoms with Crippen molar-refractivity contribution in [3.05, 3.63) is 84.2 Å². The third-order valence-corrected chi connectivity index (χ3v) is 7.95. The predicted molar refractivity (Wildman–Crippen MR) is 115 cm³/mol. The number of sulfone groups is 1. The number of pyridine rings is 1. The average molecular weight is 445 g/mol. The van der Waals surface area contributed by atoms with Crippen LogP contribution in [0.25, 0.3) is 0 Å². The van der Waals surface area contributed by atoms with Crippen LogP contribution in [0.15, 0.2) is 87.7 Å². The Morgan fingerprint density at radius 1 is 0.867 bits per heavy atom. The summed E-state index contributed by atoms with van der Waals surface area (Å²) in [5.41, 5.74) is 1.51. The van der Waals surface area contributed by atoms with Gasteiger partial charge in [0.15, 0.2) is 0 Å². The van der Waals surface area contributed by atoms with Gasteiger partial charge in [-0.05, 0) is 54.3 Å². The first-order chi connectivity index (χ1) is 14.3. The van der Waals surface area contributed by atoms with Crippen molar-refractivity contribution in [2.75, 3.05) is 6.54 Å². The van der Waals surface area contributed by atoms with Crippen LogP contribution in [0, 0.1) is 0 Å². The lowest BCUT2D eigenvalue weighted by Gasteiger charge is -2.14. The van der Waals surface area contributed by atoms with Crippen LogP contribution in [0.2, 0.25) is 0 Å². The molecule has 0 spiro atoms. The van der Waals surface area contributed by atoms with Gasteiger partial charge >= 0.3 is 0 Å². The van der Waals surface area contributed by atoms with E-state index in [1.807, 2.05) is 13.0 Å². The van der Waals surface area contributed by atoms with Gasteiger partial charge in [-0.15, -0.1) is 0 Å². The fraction of sp³-hybridized carbons (Fsp3) is 0.227. The van der Waals surface area contributed by atoms with Crippen LogP contribution >= 0.6 is 0 Å². The van der Waals surface area contributed by atoms with Crippen molar-refractivity contribution >= 4 is 19.9 Å². The molecule has 158 valence electrons. The molecule has 0 aliphatic rings. The second-order valence-electron chi connectivity index (χ2n) is 6.85. The highest BCUT2D eigenvalue weighted by atomic mass is 32.2.